The van der Waals surface area contributed by atoms with E-state index in [1.807, 2.05) is 0 Å². The normalized spacial score (nSPS) is 18.2. The van der Waals surface area contributed by atoms with Gasteiger partial charge in [-0.3, -0.25) is 19.6 Å². The van der Waals surface area contributed by atoms with E-state index in [1.54, 1.807) is 24.3 Å². The van der Waals surface area contributed by atoms with Crippen molar-refractivity contribution in [2.75, 3.05) is 19.0 Å². The van der Waals surface area contributed by atoms with Crippen LogP contribution in [0.15, 0.2) is 58.8 Å². The summed E-state index contributed by atoms with van der Waals surface area (Å²) in [5.41, 5.74) is -0.0722. The Labute approximate surface area is 154 Å². The lowest BCUT2D eigenvalue weighted by molar-refractivity contribution is -0.146. The number of benzene rings is 1. The first-order valence-corrected chi connectivity index (χ1v) is 8.20. The summed E-state index contributed by atoms with van der Waals surface area (Å²) >= 11 is 0. The number of hydrogen-bond acceptors (Lipinski definition) is 6. The highest BCUT2D eigenvalue weighted by atomic mass is 16.5. The molecule has 0 aliphatic carbocycles. The Morgan fingerprint density at radius 1 is 1.30 bits per heavy atom. The zero-order chi connectivity index (χ0) is 19.6. The Hall–Kier alpha value is -3.55. The van der Waals surface area contributed by atoms with Crippen molar-refractivity contribution in [3.8, 4) is 5.75 Å². The fourth-order valence-electron chi connectivity index (χ4n) is 3.20. The van der Waals surface area contributed by atoms with Crippen molar-refractivity contribution in [1.29, 1.82) is 0 Å². The van der Waals surface area contributed by atoms with Crippen molar-refractivity contribution < 1.29 is 14.3 Å². The molecule has 1 aromatic heterocycles. The van der Waals surface area contributed by atoms with Crippen molar-refractivity contribution in [1.82, 2.24) is 9.97 Å². The first-order chi connectivity index (χ1) is 13.0. The second-order valence-electron chi connectivity index (χ2n) is 6.00. The van der Waals surface area contributed by atoms with Gasteiger partial charge >= 0.3 is 11.7 Å². The molecular formula is C19H19N3O5. The van der Waals surface area contributed by atoms with E-state index in [9.17, 15) is 14.4 Å². The van der Waals surface area contributed by atoms with E-state index >= 15 is 0 Å². The van der Waals surface area contributed by atoms with Gasteiger partial charge < -0.3 is 14.8 Å². The van der Waals surface area contributed by atoms with Gasteiger partial charge in [-0.15, -0.1) is 0 Å². The van der Waals surface area contributed by atoms with Gasteiger partial charge in [0.1, 0.15) is 24.1 Å². The summed E-state index contributed by atoms with van der Waals surface area (Å²) in [4.78, 5) is 41.7. The SMILES string of the molecule is C=CCOC(=O)[C@H]1C(=C)Nc2[nH]c(=O)[nH]c(=O)c2[C@@H]1c1cccc(OC)c1. The summed E-state index contributed by atoms with van der Waals surface area (Å²) in [5, 5.41) is 2.85. The fourth-order valence-corrected chi connectivity index (χ4v) is 3.20. The van der Waals surface area contributed by atoms with Crippen LogP contribution in [0.4, 0.5) is 5.82 Å². The molecule has 27 heavy (non-hydrogen) atoms. The van der Waals surface area contributed by atoms with Crippen molar-refractivity contribution >= 4 is 11.8 Å². The summed E-state index contributed by atoms with van der Waals surface area (Å²) in [6, 6.07) is 7.01. The minimum Gasteiger partial charge on any atom is -0.497 e. The molecule has 0 bridgehead atoms. The maximum atomic E-state index is 12.7. The zero-order valence-corrected chi connectivity index (χ0v) is 14.7. The number of aromatic nitrogens is 2. The monoisotopic (exact) mass is 369 g/mol. The first-order valence-electron chi connectivity index (χ1n) is 8.20. The fraction of sp³-hybridized carbons (Fsp3) is 0.211. The molecule has 140 valence electrons. The largest absolute Gasteiger partial charge is 0.497 e. The molecule has 0 radical (unpaired) electrons. The molecule has 1 aromatic carbocycles. The standard InChI is InChI=1S/C19H19N3O5/c1-4-8-27-18(24)13-10(2)20-16-15(17(23)22-19(25)21-16)14(13)11-6-5-7-12(9-11)26-3/h4-7,9,13-14H,1-2,8H2,3H3,(H3,20,21,22,23,25)/t13-,14+/m0/s1. The highest BCUT2D eigenvalue weighted by Gasteiger charge is 2.41. The summed E-state index contributed by atoms with van der Waals surface area (Å²) in [6.45, 7) is 7.46. The van der Waals surface area contributed by atoms with Crippen molar-refractivity contribution in [2.45, 2.75) is 5.92 Å². The summed E-state index contributed by atoms with van der Waals surface area (Å²) in [5.74, 6) is -1.39. The number of H-pyrrole nitrogens is 2. The highest BCUT2D eigenvalue weighted by molar-refractivity contribution is 5.81. The van der Waals surface area contributed by atoms with E-state index in [0.29, 0.717) is 17.0 Å². The maximum absolute atomic E-state index is 12.7. The third kappa shape index (κ3) is 3.41. The van der Waals surface area contributed by atoms with Gasteiger partial charge in [-0.05, 0) is 17.7 Å². The Morgan fingerprint density at radius 3 is 2.78 bits per heavy atom. The zero-order valence-electron chi connectivity index (χ0n) is 14.7. The predicted octanol–water partition coefficient (Wildman–Crippen LogP) is 1.49. The molecule has 0 spiro atoms. The summed E-state index contributed by atoms with van der Waals surface area (Å²) < 4.78 is 10.5. The molecule has 0 fully saturated rings. The minimum atomic E-state index is -0.878. The molecule has 2 heterocycles. The molecule has 0 unspecified atom stereocenters. The van der Waals surface area contributed by atoms with Gasteiger partial charge in [-0.2, -0.15) is 0 Å². The second-order valence-corrected chi connectivity index (χ2v) is 6.00. The number of nitrogens with one attached hydrogen (secondary N) is 3. The van der Waals surface area contributed by atoms with Gasteiger partial charge in [0.2, 0.25) is 0 Å². The number of hydrogen-bond donors (Lipinski definition) is 3. The van der Waals surface area contributed by atoms with Crippen molar-refractivity contribution in [3.05, 3.63) is 81.2 Å². The quantitative estimate of drug-likeness (QED) is 0.544. The van der Waals surface area contributed by atoms with Crippen LogP contribution in [0, 0.1) is 5.92 Å². The second kappa shape index (κ2) is 7.36. The molecule has 1 aliphatic heterocycles. The Kier molecular flexibility index (Phi) is 4.98. The number of ether oxygens (including phenoxy) is 2. The molecule has 8 heteroatoms. The maximum Gasteiger partial charge on any atom is 0.327 e. The van der Waals surface area contributed by atoms with Crippen LogP contribution in [0.2, 0.25) is 0 Å². The minimum absolute atomic E-state index is 0.0300. The molecule has 1 aliphatic rings. The Bertz CT molecular complexity index is 1020. The van der Waals surface area contributed by atoms with Gasteiger partial charge in [-0.1, -0.05) is 31.4 Å². The number of methoxy groups -OCH3 is 1. The average Bonchev–Trinajstić information content (AvgIpc) is 2.64. The van der Waals surface area contributed by atoms with Gasteiger partial charge in [0, 0.05) is 11.6 Å². The van der Waals surface area contributed by atoms with E-state index in [2.05, 4.69) is 28.4 Å². The van der Waals surface area contributed by atoms with Gasteiger partial charge in [-0.25, -0.2) is 4.79 Å². The molecule has 2 atom stereocenters. The van der Waals surface area contributed by atoms with E-state index in [4.69, 9.17) is 9.47 Å². The smallest absolute Gasteiger partial charge is 0.327 e. The van der Waals surface area contributed by atoms with Crippen LogP contribution in [0.1, 0.15) is 17.0 Å². The molecule has 0 saturated carbocycles. The van der Waals surface area contributed by atoms with E-state index < -0.39 is 29.1 Å². The molecule has 0 saturated heterocycles. The molecule has 3 N–H and O–H groups in total. The van der Waals surface area contributed by atoms with Crippen LogP contribution in [-0.4, -0.2) is 29.7 Å². The van der Waals surface area contributed by atoms with E-state index in [-0.39, 0.29) is 18.0 Å². The van der Waals surface area contributed by atoms with E-state index in [1.165, 1.54) is 13.2 Å². The Morgan fingerprint density at radius 2 is 2.07 bits per heavy atom. The van der Waals surface area contributed by atoms with Crippen LogP contribution in [0.25, 0.3) is 0 Å². The van der Waals surface area contributed by atoms with Crippen LogP contribution < -0.4 is 21.3 Å². The third-order valence-corrected chi connectivity index (χ3v) is 4.34. The number of carbonyl (C=O) groups is 1. The lowest BCUT2D eigenvalue weighted by atomic mass is 9.77. The van der Waals surface area contributed by atoms with Crippen molar-refractivity contribution in [3.63, 3.8) is 0 Å². The van der Waals surface area contributed by atoms with Crippen molar-refractivity contribution in [2.24, 2.45) is 5.92 Å². The lowest BCUT2D eigenvalue weighted by Crippen LogP contribution is -2.40. The van der Waals surface area contributed by atoms with E-state index in [0.717, 1.165) is 0 Å². The summed E-state index contributed by atoms with van der Waals surface area (Å²) in [7, 11) is 1.52. The van der Waals surface area contributed by atoms with Crippen LogP contribution in [-0.2, 0) is 9.53 Å². The Balaban J connectivity index is 2.22. The average molecular weight is 369 g/mol. The highest BCUT2D eigenvalue weighted by Crippen LogP contribution is 2.42. The van der Waals surface area contributed by atoms with Gasteiger partial charge in [0.05, 0.1) is 12.7 Å². The molecule has 8 nitrogen and oxygen atoms in total. The number of aromatic amines is 2. The first kappa shape index (κ1) is 18.2. The number of carbonyl (C=O) groups excluding carboxylic acids is 1. The van der Waals surface area contributed by atoms with Gasteiger partial charge in [0.25, 0.3) is 5.56 Å². The summed E-state index contributed by atoms with van der Waals surface area (Å²) in [6.07, 6.45) is 1.45. The number of rotatable bonds is 5. The number of anilines is 1. The third-order valence-electron chi connectivity index (χ3n) is 4.34. The van der Waals surface area contributed by atoms with Crippen LogP contribution in [0.5, 0.6) is 5.75 Å². The number of esters is 1. The molecular weight excluding hydrogens is 350 g/mol. The molecule has 3 rings (SSSR count). The number of fused-ring (bicyclic) bond motifs is 1. The predicted molar refractivity (Wildman–Crippen MR) is 99.9 cm³/mol. The van der Waals surface area contributed by atoms with Crippen LogP contribution >= 0.6 is 0 Å². The molecule has 2 aromatic rings. The lowest BCUT2D eigenvalue weighted by Gasteiger charge is -2.33. The van der Waals surface area contributed by atoms with Crippen LogP contribution in [0.3, 0.4) is 0 Å². The molecule has 0 amide bonds. The topological polar surface area (TPSA) is 113 Å². The van der Waals surface area contributed by atoms with Gasteiger partial charge in [0.15, 0.2) is 0 Å².